The fraction of sp³-hybridized carbons (Fsp3) is 0.533. The van der Waals surface area contributed by atoms with Crippen LogP contribution in [0, 0.1) is 11.8 Å². The van der Waals surface area contributed by atoms with E-state index in [1.807, 2.05) is 0 Å². The van der Waals surface area contributed by atoms with Gasteiger partial charge in [0.05, 0.1) is 5.56 Å². The molecule has 1 aliphatic rings. The summed E-state index contributed by atoms with van der Waals surface area (Å²) in [5, 5.41) is 22.1. The van der Waals surface area contributed by atoms with Crippen molar-refractivity contribution in [1.29, 1.82) is 0 Å². The standard InChI is InChI=1S/C15H21NO3/c1-9-6-10(2)8-11(7-9)16-15(19)12-4-3-5-13(17)14(12)18/h3-5,9-11,17-18H,6-8H2,1-2H3,(H,16,19). The van der Waals surface area contributed by atoms with Crippen molar-refractivity contribution in [2.75, 3.05) is 0 Å². The van der Waals surface area contributed by atoms with Gasteiger partial charge in [0.2, 0.25) is 0 Å². The van der Waals surface area contributed by atoms with Gasteiger partial charge in [-0.1, -0.05) is 19.9 Å². The number of amides is 1. The zero-order valence-corrected chi connectivity index (χ0v) is 11.4. The van der Waals surface area contributed by atoms with Gasteiger partial charge in [-0.15, -0.1) is 0 Å². The Morgan fingerprint density at radius 1 is 1.16 bits per heavy atom. The first-order valence-corrected chi connectivity index (χ1v) is 6.79. The Morgan fingerprint density at radius 3 is 2.42 bits per heavy atom. The predicted molar refractivity (Wildman–Crippen MR) is 73.2 cm³/mol. The van der Waals surface area contributed by atoms with E-state index in [1.165, 1.54) is 18.6 Å². The molecule has 0 heterocycles. The summed E-state index contributed by atoms with van der Waals surface area (Å²) < 4.78 is 0. The minimum atomic E-state index is -0.350. The summed E-state index contributed by atoms with van der Waals surface area (Å²) in [5.74, 6) is 0.272. The second kappa shape index (κ2) is 5.51. The lowest BCUT2D eigenvalue weighted by Gasteiger charge is -2.32. The molecular formula is C15H21NO3. The van der Waals surface area contributed by atoms with Gasteiger partial charge >= 0.3 is 0 Å². The van der Waals surface area contributed by atoms with Crippen molar-refractivity contribution in [2.45, 2.75) is 39.2 Å². The van der Waals surface area contributed by atoms with E-state index in [-0.39, 0.29) is 29.0 Å². The molecule has 1 aromatic rings. The summed E-state index contributed by atoms with van der Waals surface area (Å²) in [6, 6.07) is 4.57. The fourth-order valence-corrected chi connectivity index (χ4v) is 3.04. The van der Waals surface area contributed by atoms with E-state index in [0.29, 0.717) is 11.8 Å². The van der Waals surface area contributed by atoms with Gasteiger partial charge in [0.1, 0.15) is 0 Å². The van der Waals surface area contributed by atoms with Gasteiger partial charge in [0, 0.05) is 6.04 Å². The molecule has 2 atom stereocenters. The summed E-state index contributed by atoms with van der Waals surface area (Å²) >= 11 is 0. The highest BCUT2D eigenvalue weighted by Gasteiger charge is 2.26. The summed E-state index contributed by atoms with van der Waals surface area (Å²) in [4.78, 5) is 12.1. The van der Waals surface area contributed by atoms with Gasteiger partial charge in [-0.3, -0.25) is 4.79 Å². The number of rotatable bonds is 2. The molecule has 104 valence electrons. The van der Waals surface area contributed by atoms with Crippen LogP contribution >= 0.6 is 0 Å². The van der Waals surface area contributed by atoms with Crippen LogP contribution in [0.2, 0.25) is 0 Å². The van der Waals surface area contributed by atoms with E-state index in [0.717, 1.165) is 12.8 Å². The first kappa shape index (κ1) is 13.7. The van der Waals surface area contributed by atoms with E-state index in [2.05, 4.69) is 19.2 Å². The molecule has 1 aromatic carbocycles. The molecule has 3 N–H and O–H groups in total. The molecule has 0 aromatic heterocycles. The number of hydrogen-bond donors (Lipinski definition) is 3. The molecule has 4 nitrogen and oxygen atoms in total. The molecule has 0 bridgehead atoms. The van der Waals surface area contributed by atoms with Gasteiger partial charge in [0.15, 0.2) is 11.5 Å². The Morgan fingerprint density at radius 2 is 1.79 bits per heavy atom. The maximum absolute atomic E-state index is 12.1. The van der Waals surface area contributed by atoms with Crippen LogP contribution in [0.25, 0.3) is 0 Å². The Bertz CT molecular complexity index is 462. The molecule has 1 saturated carbocycles. The van der Waals surface area contributed by atoms with E-state index in [9.17, 15) is 15.0 Å². The van der Waals surface area contributed by atoms with Gasteiger partial charge < -0.3 is 15.5 Å². The predicted octanol–water partition coefficient (Wildman–Crippen LogP) is 2.65. The lowest BCUT2D eigenvalue weighted by atomic mass is 9.80. The molecular weight excluding hydrogens is 242 g/mol. The van der Waals surface area contributed by atoms with Crippen LogP contribution in [-0.4, -0.2) is 22.2 Å². The summed E-state index contributed by atoms with van der Waals surface area (Å²) in [7, 11) is 0. The van der Waals surface area contributed by atoms with Gasteiger partial charge in [-0.2, -0.15) is 0 Å². The van der Waals surface area contributed by atoms with Crippen molar-refractivity contribution in [3.8, 4) is 11.5 Å². The highest BCUT2D eigenvalue weighted by atomic mass is 16.3. The molecule has 1 aliphatic carbocycles. The zero-order valence-electron chi connectivity index (χ0n) is 11.4. The Kier molecular flexibility index (Phi) is 3.98. The first-order valence-electron chi connectivity index (χ1n) is 6.79. The van der Waals surface area contributed by atoms with Crippen LogP contribution in [0.5, 0.6) is 11.5 Å². The molecule has 0 saturated heterocycles. The third-order valence-electron chi connectivity index (χ3n) is 3.77. The minimum absolute atomic E-state index is 0.130. The molecule has 2 rings (SSSR count). The highest BCUT2D eigenvalue weighted by molar-refractivity contribution is 5.97. The monoisotopic (exact) mass is 263 g/mol. The quantitative estimate of drug-likeness (QED) is 0.718. The van der Waals surface area contributed by atoms with E-state index < -0.39 is 0 Å². The zero-order chi connectivity index (χ0) is 14.0. The lowest BCUT2D eigenvalue weighted by molar-refractivity contribution is 0.0908. The molecule has 1 amide bonds. The fourth-order valence-electron chi connectivity index (χ4n) is 3.04. The molecule has 1 fully saturated rings. The number of benzene rings is 1. The third kappa shape index (κ3) is 3.19. The highest BCUT2D eigenvalue weighted by Crippen LogP contribution is 2.30. The van der Waals surface area contributed by atoms with Crippen LogP contribution in [0.1, 0.15) is 43.5 Å². The average molecular weight is 263 g/mol. The molecule has 19 heavy (non-hydrogen) atoms. The number of phenols is 2. The molecule has 0 aliphatic heterocycles. The largest absolute Gasteiger partial charge is 0.504 e. The van der Waals surface area contributed by atoms with Gasteiger partial charge in [-0.05, 0) is 43.2 Å². The molecule has 0 radical (unpaired) electrons. The number of aromatic hydroxyl groups is 2. The van der Waals surface area contributed by atoms with Crippen molar-refractivity contribution in [2.24, 2.45) is 11.8 Å². The van der Waals surface area contributed by atoms with Crippen molar-refractivity contribution >= 4 is 5.91 Å². The summed E-state index contributed by atoms with van der Waals surface area (Å²) in [6.07, 6.45) is 3.13. The first-order chi connectivity index (χ1) is 8.97. The number of hydrogen-bond acceptors (Lipinski definition) is 3. The number of carbonyl (C=O) groups is 1. The minimum Gasteiger partial charge on any atom is -0.504 e. The molecule has 0 spiro atoms. The summed E-state index contributed by atoms with van der Waals surface area (Å²) in [5.41, 5.74) is 0.130. The Hall–Kier alpha value is -1.71. The van der Waals surface area contributed by atoms with Crippen molar-refractivity contribution in [3.05, 3.63) is 23.8 Å². The molecule has 4 heteroatoms. The molecule has 2 unspecified atom stereocenters. The number of nitrogens with one attached hydrogen (secondary N) is 1. The maximum atomic E-state index is 12.1. The van der Waals surface area contributed by atoms with E-state index in [1.54, 1.807) is 6.07 Å². The van der Waals surface area contributed by atoms with Gasteiger partial charge in [-0.25, -0.2) is 0 Å². The van der Waals surface area contributed by atoms with Gasteiger partial charge in [0.25, 0.3) is 5.91 Å². The maximum Gasteiger partial charge on any atom is 0.255 e. The smallest absolute Gasteiger partial charge is 0.255 e. The van der Waals surface area contributed by atoms with Crippen LogP contribution in [0.15, 0.2) is 18.2 Å². The lowest BCUT2D eigenvalue weighted by Crippen LogP contribution is -2.40. The van der Waals surface area contributed by atoms with Crippen LogP contribution in [0.4, 0.5) is 0 Å². The Labute approximate surface area is 113 Å². The normalized spacial score (nSPS) is 26.9. The Balaban J connectivity index is 2.06. The number of para-hydroxylation sites is 1. The average Bonchev–Trinajstić information content (AvgIpc) is 2.31. The van der Waals surface area contributed by atoms with Crippen molar-refractivity contribution in [3.63, 3.8) is 0 Å². The van der Waals surface area contributed by atoms with Crippen molar-refractivity contribution < 1.29 is 15.0 Å². The number of phenolic OH excluding ortho intramolecular Hbond substituents is 2. The topological polar surface area (TPSA) is 69.6 Å². The second-order valence-electron chi connectivity index (χ2n) is 5.76. The van der Waals surface area contributed by atoms with Crippen molar-refractivity contribution in [1.82, 2.24) is 5.32 Å². The van der Waals surface area contributed by atoms with Crippen LogP contribution in [-0.2, 0) is 0 Å². The van der Waals surface area contributed by atoms with Crippen LogP contribution in [0.3, 0.4) is 0 Å². The van der Waals surface area contributed by atoms with Crippen LogP contribution < -0.4 is 5.32 Å². The number of carbonyl (C=O) groups excluding carboxylic acids is 1. The third-order valence-corrected chi connectivity index (χ3v) is 3.77. The SMILES string of the molecule is CC1CC(C)CC(NC(=O)c2cccc(O)c2O)C1. The summed E-state index contributed by atoms with van der Waals surface area (Å²) in [6.45, 7) is 4.39. The van der Waals surface area contributed by atoms with E-state index >= 15 is 0 Å². The second-order valence-corrected chi connectivity index (χ2v) is 5.76. The van der Waals surface area contributed by atoms with E-state index in [4.69, 9.17) is 0 Å².